The summed E-state index contributed by atoms with van der Waals surface area (Å²) in [4.78, 5) is 2.13. The molecule has 1 aromatic carbocycles. The predicted octanol–water partition coefficient (Wildman–Crippen LogP) is 2.03. The quantitative estimate of drug-likeness (QED) is 0.868. The van der Waals surface area contributed by atoms with Crippen LogP contribution in [-0.4, -0.2) is 39.4 Å². The zero-order chi connectivity index (χ0) is 12.8. The molecule has 0 unspecified atom stereocenters. The fourth-order valence-electron chi connectivity index (χ4n) is 2.16. The monoisotopic (exact) mass is 252 g/mol. The molecule has 0 saturated carbocycles. The van der Waals surface area contributed by atoms with Gasteiger partial charge in [-0.1, -0.05) is 0 Å². The SMILES string of the molecule is CN(CCNC1CCOCC1)c1ccc(F)cc1. The summed E-state index contributed by atoms with van der Waals surface area (Å²) in [5, 5.41) is 3.54. The molecule has 1 fully saturated rings. The van der Waals surface area contributed by atoms with E-state index in [1.807, 2.05) is 19.2 Å². The van der Waals surface area contributed by atoms with Crippen LogP contribution in [0.5, 0.6) is 0 Å². The van der Waals surface area contributed by atoms with Crippen molar-refractivity contribution in [3.8, 4) is 0 Å². The Hall–Kier alpha value is -1.13. The number of ether oxygens (including phenoxy) is 1. The molecule has 1 aliphatic heterocycles. The zero-order valence-electron chi connectivity index (χ0n) is 10.9. The van der Waals surface area contributed by atoms with Crippen molar-refractivity contribution >= 4 is 5.69 Å². The maximum Gasteiger partial charge on any atom is 0.123 e. The van der Waals surface area contributed by atoms with Crippen LogP contribution in [0.3, 0.4) is 0 Å². The van der Waals surface area contributed by atoms with Crippen LogP contribution in [0.25, 0.3) is 0 Å². The van der Waals surface area contributed by atoms with Gasteiger partial charge in [0, 0.05) is 45.1 Å². The van der Waals surface area contributed by atoms with Crippen molar-refractivity contribution in [1.29, 1.82) is 0 Å². The normalized spacial score (nSPS) is 16.8. The standard InChI is InChI=1S/C14H21FN2O/c1-17(14-4-2-12(15)3-5-14)9-8-16-13-6-10-18-11-7-13/h2-5,13,16H,6-11H2,1H3. The van der Waals surface area contributed by atoms with E-state index in [-0.39, 0.29) is 5.82 Å². The summed E-state index contributed by atoms with van der Waals surface area (Å²) in [5.74, 6) is -0.188. The summed E-state index contributed by atoms with van der Waals surface area (Å²) >= 11 is 0. The molecule has 1 heterocycles. The molecule has 0 amide bonds. The van der Waals surface area contributed by atoms with Gasteiger partial charge in [0.25, 0.3) is 0 Å². The van der Waals surface area contributed by atoms with E-state index in [4.69, 9.17) is 4.74 Å². The Morgan fingerprint density at radius 2 is 1.94 bits per heavy atom. The van der Waals surface area contributed by atoms with E-state index in [1.165, 1.54) is 12.1 Å². The van der Waals surface area contributed by atoms with E-state index < -0.39 is 0 Å². The molecule has 100 valence electrons. The molecule has 0 atom stereocenters. The Morgan fingerprint density at radius 1 is 1.28 bits per heavy atom. The minimum absolute atomic E-state index is 0.188. The summed E-state index contributed by atoms with van der Waals surface area (Å²) in [6.07, 6.45) is 2.19. The number of hydrogen-bond donors (Lipinski definition) is 1. The number of nitrogens with zero attached hydrogens (tertiary/aromatic N) is 1. The van der Waals surface area contributed by atoms with Gasteiger partial charge in [-0.05, 0) is 37.1 Å². The highest BCUT2D eigenvalue weighted by Crippen LogP contribution is 2.12. The van der Waals surface area contributed by atoms with Crippen molar-refractivity contribution in [2.24, 2.45) is 0 Å². The van der Waals surface area contributed by atoms with Crippen LogP contribution < -0.4 is 10.2 Å². The van der Waals surface area contributed by atoms with E-state index in [0.29, 0.717) is 6.04 Å². The molecule has 2 rings (SSSR count). The topological polar surface area (TPSA) is 24.5 Å². The number of rotatable bonds is 5. The lowest BCUT2D eigenvalue weighted by Crippen LogP contribution is -2.39. The van der Waals surface area contributed by atoms with Gasteiger partial charge in [-0.2, -0.15) is 0 Å². The summed E-state index contributed by atoms with van der Waals surface area (Å²) in [6, 6.07) is 7.20. The van der Waals surface area contributed by atoms with E-state index in [2.05, 4.69) is 10.2 Å². The Labute approximate surface area is 108 Å². The zero-order valence-corrected chi connectivity index (χ0v) is 10.9. The fourth-order valence-corrected chi connectivity index (χ4v) is 2.16. The second-order valence-electron chi connectivity index (χ2n) is 4.74. The van der Waals surface area contributed by atoms with Crippen LogP contribution in [0, 0.1) is 5.82 Å². The molecule has 0 radical (unpaired) electrons. The van der Waals surface area contributed by atoms with Crippen molar-refractivity contribution in [2.45, 2.75) is 18.9 Å². The second-order valence-corrected chi connectivity index (χ2v) is 4.74. The van der Waals surface area contributed by atoms with Gasteiger partial charge in [0.2, 0.25) is 0 Å². The summed E-state index contributed by atoms with van der Waals surface area (Å²) in [6.45, 7) is 3.60. The summed E-state index contributed by atoms with van der Waals surface area (Å²) in [5.41, 5.74) is 1.05. The van der Waals surface area contributed by atoms with Crippen LogP contribution in [0.2, 0.25) is 0 Å². The van der Waals surface area contributed by atoms with Gasteiger partial charge < -0.3 is 15.0 Å². The maximum atomic E-state index is 12.8. The summed E-state index contributed by atoms with van der Waals surface area (Å²) < 4.78 is 18.1. The van der Waals surface area contributed by atoms with Gasteiger partial charge in [0.1, 0.15) is 5.82 Å². The van der Waals surface area contributed by atoms with Crippen LogP contribution in [-0.2, 0) is 4.74 Å². The highest BCUT2D eigenvalue weighted by molar-refractivity contribution is 5.45. The predicted molar refractivity (Wildman–Crippen MR) is 71.5 cm³/mol. The van der Waals surface area contributed by atoms with Crippen molar-refractivity contribution in [3.05, 3.63) is 30.1 Å². The Balaban J connectivity index is 1.70. The molecule has 1 aromatic rings. The molecule has 0 spiro atoms. The second kappa shape index (κ2) is 6.71. The largest absolute Gasteiger partial charge is 0.381 e. The molecular formula is C14H21FN2O. The summed E-state index contributed by atoms with van der Waals surface area (Å²) in [7, 11) is 2.03. The highest BCUT2D eigenvalue weighted by Gasteiger charge is 2.12. The molecular weight excluding hydrogens is 231 g/mol. The fraction of sp³-hybridized carbons (Fsp3) is 0.571. The maximum absolute atomic E-state index is 12.8. The average molecular weight is 252 g/mol. The lowest BCUT2D eigenvalue weighted by atomic mass is 10.1. The number of likely N-dealkylation sites (N-methyl/N-ethyl adjacent to an activating group) is 1. The third-order valence-corrected chi connectivity index (χ3v) is 3.37. The Kier molecular flexibility index (Phi) is 4.96. The number of anilines is 1. The molecule has 0 aromatic heterocycles. The third-order valence-electron chi connectivity index (χ3n) is 3.37. The molecule has 4 heteroatoms. The van der Waals surface area contributed by atoms with Crippen molar-refractivity contribution < 1.29 is 9.13 Å². The van der Waals surface area contributed by atoms with Crippen LogP contribution in [0.1, 0.15) is 12.8 Å². The van der Waals surface area contributed by atoms with E-state index in [9.17, 15) is 4.39 Å². The lowest BCUT2D eigenvalue weighted by Gasteiger charge is -2.25. The first kappa shape index (κ1) is 13.3. The van der Waals surface area contributed by atoms with Gasteiger partial charge in [-0.25, -0.2) is 4.39 Å². The Morgan fingerprint density at radius 3 is 2.61 bits per heavy atom. The smallest absolute Gasteiger partial charge is 0.123 e. The molecule has 3 nitrogen and oxygen atoms in total. The van der Waals surface area contributed by atoms with Crippen molar-refractivity contribution in [2.75, 3.05) is 38.3 Å². The first-order valence-electron chi connectivity index (χ1n) is 6.53. The highest BCUT2D eigenvalue weighted by atomic mass is 19.1. The Bertz CT molecular complexity index is 349. The minimum atomic E-state index is -0.188. The third kappa shape index (κ3) is 3.96. The molecule has 18 heavy (non-hydrogen) atoms. The number of nitrogens with one attached hydrogen (secondary N) is 1. The van der Waals surface area contributed by atoms with E-state index >= 15 is 0 Å². The average Bonchev–Trinajstić information content (AvgIpc) is 2.40. The molecule has 1 N–H and O–H groups in total. The van der Waals surface area contributed by atoms with Gasteiger partial charge in [-0.15, -0.1) is 0 Å². The minimum Gasteiger partial charge on any atom is -0.381 e. The van der Waals surface area contributed by atoms with Gasteiger partial charge in [-0.3, -0.25) is 0 Å². The number of halogens is 1. The van der Waals surface area contributed by atoms with Gasteiger partial charge >= 0.3 is 0 Å². The van der Waals surface area contributed by atoms with E-state index in [1.54, 1.807) is 0 Å². The number of hydrogen-bond acceptors (Lipinski definition) is 3. The van der Waals surface area contributed by atoms with Gasteiger partial charge in [0.15, 0.2) is 0 Å². The van der Waals surface area contributed by atoms with Crippen molar-refractivity contribution in [1.82, 2.24) is 5.32 Å². The van der Waals surface area contributed by atoms with Crippen molar-refractivity contribution in [3.63, 3.8) is 0 Å². The van der Waals surface area contributed by atoms with Crippen LogP contribution in [0.15, 0.2) is 24.3 Å². The molecule has 0 aliphatic carbocycles. The van der Waals surface area contributed by atoms with Gasteiger partial charge in [0.05, 0.1) is 0 Å². The molecule has 1 saturated heterocycles. The lowest BCUT2D eigenvalue weighted by molar-refractivity contribution is 0.0783. The first-order valence-corrected chi connectivity index (χ1v) is 6.53. The molecule has 1 aliphatic rings. The molecule has 0 bridgehead atoms. The number of benzene rings is 1. The van der Waals surface area contributed by atoms with E-state index in [0.717, 1.165) is 44.8 Å². The van der Waals surface area contributed by atoms with Crippen LogP contribution in [0.4, 0.5) is 10.1 Å². The van der Waals surface area contributed by atoms with Crippen LogP contribution >= 0.6 is 0 Å². The first-order chi connectivity index (χ1) is 8.75.